The lowest BCUT2D eigenvalue weighted by atomic mass is 9.98. The Morgan fingerprint density at radius 1 is 1.28 bits per heavy atom. The molecule has 6 heteroatoms. The normalized spacial score (nSPS) is 18.7. The molecule has 1 saturated heterocycles. The number of likely N-dealkylation sites (tertiary alicyclic amines) is 1. The second-order valence-electron chi connectivity index (χ2n) is 6.39. The molecule has 6 nitrogen and oxygen atoms in total. The molecule has 2 N–H and O–H groups in total. The van der Waals surface area contributed by atoms with Crippen LogP contribution in [0.5, 0.6) is 11.5 Å². The molecule has 0 amide bonds. The van der Waals surface area contributed by atoms with Crippen LogP contribution >= 0.6 is 0 Å². The number of aliphatic imine (C=N–C) groups is 1. The number of ether oxygens (including phenoxy) is 2. The van der Waals surface area contributed by atoms with Crippen molar-refractivity contribution in [3.8, 4) is 11.5 Å². The van der Waals surface area contributed by atoms with Crippen LogP contribution in [0.2, 0.25) is 0 Å². The molecule has 0 aromatic heterocycles. The maximum atomic E-state index is 5.45. The minimum absolute atomic E-state index is 0.651. The number of hydrogen-bond donors (Lipinski definition) is 2. The van der Waals surface area contributed by atoms with Crippen LogP contribution in [-0.2, 0) is 6.54 Å². The Morgan fingerprint density at radius 3 is 2.80 bits per heavy atom. The van der Waals surface area contributed by atoms with Gasteiger partial charge in [0.15, 0.2) is 5.96 Å². The van der Waals surface area contributed by atoms with Crippen LogP contribution in [0.25, 0.3) is 0 Å². The number of nitrogens with zero attached hydrogens (tertiary/aromatic N) is 2. The number of methoxy groups -OCH3 is 2. The summed E-state index contributed by atoms with van der Waals surface area (Å²) in [6, 6.07) is 5.85. The largest absolute Gasteiger partial charge is 0.497 e. The average molecular weight is 348 g/mol. The van der Waals surface area contributed by atoms with Gasteiger partial charge in [-0.1, -0.05) is 6.92 Å². The van der Waals surface area contributed by atoms with Gasteiger partial charge in [0.05, 0.1) is 14.2 Å². The van der Waals surface area contributed by atoms with Crippen LogP contribution in [0.3, 0.4) is 0 Å². The molecule has 0 radical (unpaired) electrons. The van der Waals surface area contributed by atoms with Crippen molar-refractivity contribution < 1.29 is 9.47 Å². The van der Waals surface area contributed by atoms with Crippen LogP contribution in [0.1, 0.15) is 25.3 Å². The maximum absolute atomic E-state index is 5.45. The first-order chi connectivity index (χ1) is 12.2. The summed E-state index contributed by atoms with van der Waals surface area (Å²) in [6.07, 6.45) is 2.57. The lowest BCUT2D eigenvalue weighted by Crippen LogP contribution is -2.44. The van der Waals surface area contributed by atoms with E-state index in [0.29, 0.717) is 12.5 Å². The van der Waals surface area contributed by atoms with Gasteiger partial charge in [0.2, 0.25) is 0 Å². The number of hydrogen-bond acceptors (Lipinski definition) is 4. The van der Waals surface area contributed by atoms with E-state index in [1.54, 1.807) is 21.3 Å². The summed E-state index contributed by atoms with van der Waals surface area (Å²) in [5.41, 5.74) is 1.07. The Morgan fingerprint density at radius 2 is 2.12 bits per heavy atom. The third-order valence-corrected chi connectivity index (χ3v) is 4.77. The van der Waals surface area contributed by atoms with Gasteiger partial charge >= 0.3 is 0 Å². The van der Waals surface area contributed by atoms with Gasteiger partial charge in [0.1, 0.15) is 11.5 Å². The predicted octanol–water partition coefficient (Wildman–Crippen LogP) is 2.10. The van der Waals surface area contributed by atoms with Gasteiger partial charge in [-0.3, -0.25) is 4.99 Å². The Hall–Kier alpha value is -1.95. The monoisotopic (exact) mass is 348 g/mol. The molecule has 1 unspecified atom stereocenters. The van der Waals surface area contributed by atoms with Crippen molar-refractivity contribution in [3.63, 3.8) is 0 Å². The summed E-state index contributed by atoms with van der Waals surface area (Å²) in [6.45, 7) is 7.39. The molecule has 140 valence electrons. The second kappa shape index (κ2) is 10.1. The molecule has 0 saturated carbocycles. The van der Waals surface area contributed by atoms with Crippen molar-refractivity contribution in [2.75, 3.05) is 47.4 Å². The molecule has 25 heavy (non-hydrogen) atoms. The molecule has 0 aliphatic carbocycles. The zero-order valence-corrected chi connectivity index (χ0v) is 16.0. The van der Waals surface area contributed by atoms with E-state index in [-0.39, 0.29) is 0 Å². The molecule has 0 bridgehead atoms. The van der Waals surface area contributed by atoms with Gasteiger partial charge in [-0.05, 0) is 44.0 Å². The summed E-state index contributed by atoms with van der Waals surface area (Å²) in [5, 5.41) is 6.83. The highest BCUT2D eigenvalue weighted by Crippen LogP contribution is 2.24. The van der Waals surface area contributed by atoms with Gasteiger partial charge in [-0.25, -0.2) is 0 Å². The average Bonchev–Trinajstić information content (AvgIpc) is 2.68. The van der Waals surface area contributed by atoms with Crippen molar-refractivity contribution in [1.82, 2.24) is 15.5 Å². The summed E-state index contributed by atoms with van der Waals surface area (Å²) in [4.78, 5) is 6.85. The smallest absolute Gasteiger partial charge is 0.191 e. The van der Waals surface area contributed by atoms with Crippen molar-refractivity contribution in [1.29, 1.82) is 0 Å². The van der Waals surface area contributed by atoms with Gasteiger partial charge in [-0.2, -0.15) is 0 Å². The van der Waals surface area contributed by atoms with Crippen LogP contribution in [0.15, 0.2) is 23.2 Å². The first kappa shape index (κ1) is 19.4. The standard InChI is InChI=1S/C19H32N4O2/c1-5-23-10-6-7-15(14-23)12-21-19(20-2)22-13-16-8-9-17(24-3)11-18(16)25-4/h8-9,11,15H,5-7,10,12-14H2,1-4H3,(H2,20,21,22). The molecule has 1 fully saturated rings. The SMILES string of the molecule is CCN1CCCC(CNC(=NC)NCc2ccc(OC)cc2OC)C1. The summed E-state index contributed by atoms with van der Waals surface area (Å²) >= 11 is 0. The summed E-state index contributed by atoms with van der Waals surface area (Å²) in [7, 11) is 5.14. The van der Waals surface area contributed by atoms with E-state index in [0.717, 1.165) is 36.1 Å². The van der Waals surface area contributed by atoms with Gasteiger partial charge < -0.3 is 25.0 Å². The summed E-state index contributed by atoms with van der Waals surface area (Å²) < 4.78 is 10.7. The summed E-state index contributed by atoms with van der Waals surface area (Å²) in [5.74, 6) is 3.11. The minimum Gasteiger partial charge on any atom is -0.497 e. The number of nitrogens with one attached hydrogen (secondary N) is 2. The Kier molecular flexibility index (Phi) is 7.85. The molecule has 1 aromatic carbocycles. The topological polar surface area (TPSA) is 58.1 Å². The molecule has 1 aromatic rings. The quantitative estimate of drug-likeness (QED) is 0.584. The first-order valence-electron chi connectivity index (χ1n) is 9.07. The highest BCUT2D eigenvalue weighted by Gasteiger charge is 2.18. The van der Waals surface area contributed by atoms with Crippen LogP contribution in [-0.4, -0.2) is 58.3 Å². The van der Waals surface area contributed by atoms with E-state index < -0.39 is 0 Å². The molecular formula is C19H32N4O2. The fourth-order valence-corrected chi connectivity index (χ4v) is 3.24. The Bertz CT molecular complexity index is 562. The van der Waals surface area contributed by atoms with E-state index in [9.17, 15) is 0 Å². The van der Waals surface area contributed by atoms with E-state index in [1.807, 2.05) is 18.2 Å². The van der Waals surface area contributed by atoms with Crippen molar-refractivity contribution in [3.05, 3.63) is 23.8 Å². The maximum Gasteiger partial charge on any atom is 0.191 e. The third-order valence-electron chi connectivity index (χ3n) is 4.77. The molecule has 1 aliphatic rings. The zero-order valence-electron chi connectivity index (χ0n) is 16.0. The highest BCUT2D eigenvalue weighted by molar-refractivity contribution is 5.79. The fraction of sp³-hybridized carbons (Fsp3) is 0.632. The lowest BCUT2D eigenvalue weighted by molar-refractivity contribution is 0.183. The molecular weight excluding hydrogens is 316 g/mol. The molecule has 1 atom stereocenters. The van der Waals surface area contributed by atoms with Crippen molar-refractivity contribution in [2.45, 2.75) is 26.3 Å². The number of piperidine rings is 1. The van der Waals surface area contributed by atoms with E-state index in [4.69, 9.17) is 9.47 Å². The van der Waals surface area contributed by atoms with Crippen LogP contribution in [0, 0.1) is 5.92 Å². The number of rotatable bonds is 7. The highest BCUT2D eigenvalue weighted by atomic mass is 16.5. The van der Waals surface area contributed by atoms with E-state index in [2.05, 4.69) is 27.4 Å². The second-order valence-corrected chi connectivity index (χ2v) is 6.39. The molecule has 0 spiro atoms. The third kappa shape index (κ3) is 5.81. The zero-order chi connectivity index (χ0) is 18.1. The van der Waals surface area contributed by atoms with Gasteiger partial charge in [0, 0.05) is 38.3 Å². The number of guanidine groups is 1. The molecule has 1 heterocycles. The number of benzene rings is 1. The minimum atomic E-state index is 0.651. The Labute approximate surface area is 151 Å². The van der Waals surface area contributed by atoms with E-state index in [1.165, 1.54) is 25.9 Å². The van der Waals surface area contributed by atoms with E-state index >= 15 is 0 Å². The Balaban J connectivity index is 1.84. The molecule has 1 aliphatic heterocycles. The van der Waals surface area contributed by atoms with Crippen molar-refractivity contribution in [2.24, 2.45) is 10.9 Å². The van der Waals surface area contributed by atoms with Crippen LogP contribution in [0.4, 0.5) is 0 Å². The van der Waals surface area contributed by atoms with Gasteiger partial charge in [-0.15, -0.1) is 0 Å². The first-order valence-corrected chi connectivity index (χ1v) is 9.07. The van der Waals surface area contributed by atoms with Gasteiger partial charge in [0.25, 0.3) is 0 Å². The molecule has 2 rings (SSSR count). The van der Waals surface area contributed by atoms with Crippen molar-refractivity contribution >= 4 is 5.96 Å². The van der Waals surface area contributed by atoms with Crippen LogP contribution < -0.4 is 20.1 Å². The fourth-order valence-electron chi connectivity index (χ4n) is 3.24. The lowest BCUT2D eigenvalue weighted by Gasteiger charge is -2.32. The predicted molar refractivity (Wildman–Crippen MR) is 103 cm³/mol.